The van der Waals surface area contributed by atoms with E-state index in [-0.39, 0.29) is 12.8 Å². The predicted octanol–water partition coefficient (Wildman–Crippen LogP) is 6.37. The van der Waals surface area contributed by atoms with E-state index < -0.39 is 90.3 Å². The number of ether oxygens (including phenoxy) is 2. The van der Waals surface area contributed by atoms with Crippen LogP contribution in [0.3, 0.4) is 0 Å². The molecule has 0 aliphatic heterocycles. The summed E-state index contributed by atoms with van der Waals surface area (Å²) in [6.07, 6.45) is -11.0. The molecule has 6 nitrogen and oxygen atoms in total. The molecule has 0 bridgehead atoms. The Morgan fingerprint density at radius 3 is 1.57 bits per heavy atom. The van der Waals surface area contributed by atoms with E-state index in [1.165, 1.54) is 34.9 Å². The number of hydrogen-bond acceptors (Lipinski definition) is 5. The molecule has 0 aromatic heterocycles. The first kappa shape index (κ1) is 39.5. The van der Waals surface area contributed by atoms with Gasteiger partial charge in [0.25, 0.3) is 0 Å². The lowest BCUT2D eigenvalue weighted by Crippen LogP contribution is -2.70. The fourth-order valence-electron chi connectivity index (χ4n) is 3.74. The molecule has 0 rings (SSSR count). The van der Waals surface area contributed by atoms with Crippen LogP contribution in [-0.4, -0.2) is 86.3 Å². The van der Waals surface area contributed by atoms with Crippen molar-refractivity contribution in [3.8, 4) is 0 Å². The van der Waals surface area contributed by atoms with Crippen LogP contribution in [0.4, 0.5) is 57.1 Å². The molecule has 42 heavy (non-hydrogen) atoms. The van der Waals surface area contributed by atoms with Crippen molar-refractivity contribution in [1.82, 2.24) is 4.90 Å². The number of nitrogens with zero attached hydrogens (tertiary/aromatic N) is 1. The first-order chi connectivity index (χ1) is 18.5. The Bertz CT molecular complexity index is 965. The summed E-state index contributed by atoms with van der Waals surface area (Å²) in [4.78, 5) is 38.2. The molecule has 0 saturated carbocycles. The Morgan fingerprint density at radius 2 is 1.19 bits per heavy atom. The highest BCUT2D eigenvalue weighted by atomic mass is 19.4. The second-order valence-electron chi connectivity index (χ2n) is 10.3. The first-order valence-corrected chi connectivity index (χ1v) is 11.9. The van der Waals surface area contributed by atoms with Gasteiger partial charge in [0, 0.05) is 20.0 Å². The molecule has 0 radical (unpaired) electrons. The van der Waals surface area contributed by atoms with Crippen LogP contribution in [0.1, 0.15) is 46.5 Å². The van der Waals surface area contributed by atoms with Gasteiger partial charge in [0.1, 0.15) is 0 Å². The number of carbonyl (C=O) groups excluding carboxylic acids is 3. The number of rotatable bonds is 15. The molecular weight excluding hydrogens is 617 g/mol. The number of carbonyl (C=O) groups is 3. The minimum absolute atomic E-state index is 0.182. The Balaban J connectivity index is 5.85. The van der Waals surface area contributed by atoms with Gasteiger partial charge in [-0.05, 0) is 33.1 Å². The Hall–Kier alpha value is -2.50. The standard InChI is InChI=1S/C23H30F13NO5/c1-7-12(10-13(14(38)37(4)5)11-17(2,3)16(40)41-6)15(39)42-9-8-18(24,25)19(26,27)20(28,29)21(30,31)22(32,33)23(34,35)36/h12-13H,7-11H2,1-6H3. The largest absolute Gasteiger partial charge is 0.469 e. The van der Waals surface area contributed by atoms with Crippen molar-refractivity contribution < 1.29 is 80.9 Å². The monoisotopic (exact) mass is 647 g/mol. The van der Waals surface area contributed by atoms with Gasteiger partial charge in [0.15, 0.2) is 0 Å². The molecule has 2 atom stereocenters. The van der Waals surface area contributed by atoms with Crippen molar-refractivity contribution in [2.45, 2.75) is 82.2 Å². The van der Waals surface area contributed by atoms with Gasteiger partial charge in [0.05, 0.1) is 31.5 Å². The van der Waals surface area contributed by atoms with Crippen LogP contribution < -0.4 is 0 Å². The number of halogens is 13. The van der Waals surface area contributed by atoms with Crippen molar-refractivity contribution in [2.24, 2.45) is 17.3 Å². The van der Waals surface area contributed by atoms with Gasteiger partial charge in [-0.15, -0.1) is 0 Å². The highest BCUT2D eigenvalue weighted by Gasteiger charge is 2.90. The molecule has 19 heteroatoms. The minimum atomic E-state index is -8.03. The van der Waals surface area contributed by atoms with E-state index in [0.717, 1.165) is 12.0 Å². The second-order valence-corrected chi connectivity index (χ2v) is 10.3. The maximum atomic E-state index is 14.0. The average Bonchev–Trinajstić information content (AvgIpc) is 2.83. The Labute approximate surface area is 231 Å². The Kier molecular flexibility index (Phi) is 12.2. The summed E-state index contributed by atoms with van der Waals surface area (Å²) in [6, 6.07) is 0. The topological polar surface area (TPSA) is 72.9 Å². The van der Waals surface area contributed by atoms with E-state index in [0.29, 0.717) is 0 Å². The minimum Gasteiger partial charge on any atom is -0.469 e. The summed E-state index contributed by atoms with van der Waals surface area (Å²) in [5.41, 5.74) is -1.28. The van der Waals surface area contributed by atoms with Crippen molar-refractivity contribution in [1.29, 1.82) is 0 Å². The van der Waals surface area contributed by atoms with Crippen LogP contribution in [0.25, 0.3) is 0 Å². The molecule has 0 N–H and O–H groups in total. The van der Waals surface area contributed by atoms with Crippen molar-refractivity contribution in [3.63, 3.8) is 0 Å². The van der Waals surface area contributed by atoms with Gasteiger partial charge in [-0.3, -0.25) is 14.4 Å². The first-order valence-electron chi connectivity index (χ1n) is 11.9. The molecular formula is C23H30F13NO5. The van der Waals surface area contributed by atoms with Gasteiger partial charge < -0.3 is 14.4 Å². The molecule has 0 fully saturated rings. The lowest BCUT2D eigenvalue weighted by molar-refractivity contribution is -0.440. The van der Waals surface area contributed by atoms with Crippen LogP contribution >= 0.6 is 0 Å². The number of esters is 2. The third-order valence-corrected chi connectivity index (χ3v) is 6.34. The smallest absolute Gasteiger partial charge is 0.460 e. The number of alkyl halides is 13. The third kappa shape index (κ3) is 7.71. The lowest BCUT2D eigenvalue weighted by Gasteiger charge is -2.39. The summed E-state index contributed by atoms with van der Waals surface area (Å²) < 4.78 is 181. The maximum Gasteiger partial charge on any atom is 0.460 e. The summed E-state index contributed by atoms with van der Waals surface area (Å²) in [5.74, 6) is -42.9. The predicted molar refractivity (Wildman–Crippen MR) is 117 cm³/mol. The zero-order chi connectivity index (χ0) is 33.9. The van der Waals surface area contributed by atoms with Gasteiger partial charge in [-0.1, -0.05) is 6.92 Å². The summed E-state index contributed by atoms with van der Waals surface area (Å²) >= 11 is 0. The quantitative estimate of drug-likeness (QED) is 0.153. The van der Waals surface area contributed by atoms with Gasteiger partial charge in [0.2, 0.25) is 5.91 Å². The fourth-order valence-corrected chi connectivity index (χ4v) is 3.74. The van der Waals surface area contributed by atoms with Crippen molar-refractivity contribution in [2.75, 3.05) is 27.8 Å². The second kappa shape index (κ2) is 13.0. The fraction of sp³-hybridized carbons (Fsp3) is 0.870. The summed E-state index contributed by atoms with van der Waals surface area (Å²) in [5, 5.41) is 0. The molecule has 0 saturated heterocycles. The van der Waals surface area contributed by atoms with Crippen LogP contribution in [0.15, 0.2) is 0 Å². The summed E-state index contributed by atoms with van der Waals surface area (Å²) in [6.45, 7) is 2.25. The van der Waals surface area contributed by atoms with E-state index in [4.69, 9.17) is 0 Å². The average molecular weight is 647 g/mol. The number of hydrogen-bond donors (Lipinski definition) is 0. The third-order valence-electron chi connectivity index (χ3n) is 6.34. The normalized spacial score (nSPS) is 15.6. The molecule has 0 heterocycles. The van der Waals surface area contributed by atoms with E-state index in [1.807, 2.05) is 0 Å². The van der Waals surface area contributed by atoms with Crippen LogP contribution in [0, 0.1) is 17.3 Å². The SMILES string of the molecule is CCC(CC(CC(C)(C)C(=O)OC)C(=O)N(C)C)C(=O)OCCC(F)(F)C(F)(F)C(F)(F)C(F)(F)C(F)(F)C(F)(F)F. The zero-order valence-corrected chi connectivity index (χ0v) is 23.1. The highest BCUT2D eigenvalue weighted by molar-refractivity contribution is 5.82. The van der Waals surface area contributed by atoms with Crippen molar-refractivity contribution in [3.05, 3.63) is 0 Å². The molecule has 0 aliphatic carbocycles. The Morgan fingerprint density at radius 1 is 0.738 bits per heavy atom. The van der Waals surface area contributed by atoms with Gasteiger partial charge in [-0.25, -0.2) is 0 Å². The highest BCUT2D eigenvalue weighted by Crippen LogP contribution is 2.60. The van der Waals surface area contributed by atoms with Gasteiger partial charge in [-0.2, -0.15) is 57.1 Å². The van der Waals surface area contributed by atoms with E-state index in [9.17, 15) is 71.5 Å². The van der Waals surface area contributed by atoms with Gasteiger partial charge >= 0.3 is 47.7 Å². The zero-order valence-electron chi connectivity index (χ0n) is 23.1. The summed E-state index contributed by atoms with van der Waals surface area (Å²) in [7, 11) is 3.72. The molecule has 0 aliphatic rings. The van der Waals surface area contributed by atoms with Crippen LogP contribution in [0.5, 0.6) is 0 Å². The number of methoxy groups -OCH3 is 1. The molecule has 0 spiro atoms. The van der Waals surface area contributed by atoms with Crippen LogP contribution in [0.2, 0.25) is 0 Å². The van der Waals surface area contributed by atoms with E-state index in [1.54, 1.807) is 0 Å². The molecule has 248 valence electrons. The molecule has 1 amide bonds. The van der Waals surface area contributed by atoms with E-state index >= 15 is 0 Å². The molecule has 0 aromatic carbocycles. The molecule has 2 unspecified atom stereocenters. The lowest BCUT2D eigenvalue weighted by atomic mass is 9.78. The van der Waals surface area contributed by atoms with E-state index in [2.05, 4.69) is 9.47 Å². The maximum absolute atomic E-state index is 14.0. The molecule has 0 aromatic rings. The van der Waals surface area contributed by atoms with Crippen molar-refractivity contribution >= 4 is 17.8 Å². The van der Waals surface area contributed by atoms with Crippen LogP contribution in [-0.2, 0) is 23.9 Å². The number of amides is 1.